The number of anilines is 2. The second-order valence-electron chi connectivity index (χ2n) is 17.8. The molecule has 0 spiro atoms. The SMILES string of the molecule is CC1(C)OB(c2cncc(NS(=O)(=O)c3ccccc3)c2)OC1(C)C.COc1ncc(-c2cnc3ccc(-c4cncc(NS(=O)(=O)c5ccccc5)c4)cn23)cn1.COc1ncc(-c2cnc3ccc(Br)cn23)cn1. The molecule has 9 heterocycles. The number of methoxy groups -OCH3 is 2. The molecule has 1 aliphatic rings. The molecule has 2 aromatic carbocycles. The van der Waals surface area contributed by atoms with Crippen molar-refractivity contribution in [3.63, 3.8) is 0 Å². The van der Waals surface area contributed by atoms with E-state index < -0.39 is 38.4 Å². The number of hydrogen-bond acceptors (Lipinski definition) is 16. The average molecular weight is 1120 g/mol. The van der Waals surface area contributed by atoms with Gasteiger partial charge < -0.3 is 18.8 Å². The van der Waals surface area contributed by atoms with Gasteiger partial charge in [-0.15, -0.1) is 0 Å². The molecule has 8 aromatic heterocycles. The molecule has 10 aromatic rings. The van der Waals surface area contributed by atoms with Crippen LogP contribution in [0.4, 0.5) is 11.4 Å². The van der Waals surface area contributed by atoms with Crippen LogP contribution in [0.2, 0.25) is 0 Å². The van der Waals surface area contributed by atoms with Crippen LogP contribution in [0.3, 0.4) is 0 Å². The van der Waals surface area contributed by atoms with Crippen LogP contribution in [0.25, 0.3) is 44.9 Å². The lowest BCUT2D eigenvalue weighted by molar-refractivity contribution is 0.00578. The molecule has 0 saturated carbocycles. The van der Waals surface area contributed by atoms with Crippen molar-refractivity contribution in [2.45, 2.75) is 48.7 Å². The van der Waals surface area contributed by atoms with Crippen LogP contribution in [-0.4, -0.2) is 98.0 Å². The molecule has 20 nitrogen and oxygen atoms in total. The number of imidazole rings is 2. The number of rotatable bonds is 12. The number of ether oxygens (including phenoxy) is 2. The number of benzene rings is 2. The standard InChI is InChI=1S/C23H18N6O3S.C17H21BN2O4S.C12H9BrN4O/c1-32-23-26-11-18(12-27-23)21-14-25-22-8-7-16(15-29(21)22)17-9-19(13-24-10-17)28-33(30,31)20-5-3-2-4-6-20;1-16(2)17(3,4)24-18(23-16)13-10-14(12-19-11-13)20-25(21,22)15-8-6-5-7-9-15;1-18-12-15-4-8(5-16-12)10-6-14-11-3-2-9(13)7-17(10)11/h2-15,28H,1H3;5-12,20H,1-4H3;2-7H,1H3. The Morgan fingerprint density at radius 2 is 0.974 bits per heavy atom. The second kappa shape index (κ2) is 22.0. The average Bonchev–Trinajstić information content (AvgIpc) is 4.15. The van der Waals surface area contributed by atoms with Gasteiger partial charge in [-0.3, -0.25) is 28.2 Å². The Morgan fingerprint density at radius 1 is 0.513 bits per heavy atom. The molecule has 0 aliphatic carbocycles. The number of sulfonamides is 2. The Labute approximate surface area is 447 Å². The van der Waals surface area contributed by atoms with E-state index in [1.807, 2.05) is 73.2 Å². The molecule has 2 N–H and O–H groups in total. The molecule has 386 valence electrons. The summed E-state index contributed by atoms with van der Waals surface area (Å²) in [6.45, 7) is 7.84. The number of hydrogen-bond donors (Lipinski definition) is 2. The molecule has 1 fully saturated rings. The maximum Gasteiger partial charge on any atom is 0.496 e. The fraction of sp³-hybridized carbons (Fsp3) is 0.154. The van der Waals surface area contributed by atoms with Crippen molar-refractivity contribution >= 4 is 71.2 Å². The first kappa shape index (κ1) is 52.7. The monoisotopic (exact) mass is 1120 g/mol. The summed E-state index contributed by atoms with van der Waals surface area (Å²) in [5, 5.41) is 0. The van der Waals surface area contributed by atoms with Gasteiger partial charge in [0.25, 0.3) is 20.0 Å². The van der Waals surface area contributed by atoms with E-state index >= 15 is 0 Å². The van der Waals surface area contributed by atoms with E-state index in [0.29, 0.717) is 22.8 Å². The third-order valence-corrected chi connectivity index (χ3v) is 15.4. The third kappa shape index (κ3) is 11.9. The minimum Gasteiger partial charge on any atom is -0.467 e. The lowest BCUT2D eigenvalue weighted by Gasteiger charge is -2.32. The van der Waals surface area contributed by atoms with E-state index in [-0.39, 0.29) is 15.8 Å². The van der Waals surface area contributed by atoms with Crippen molar-refractivity contribution in [2.75, 3.05) is 23.7 Å². The number of aromatic nitrogens is 10. The molecule has 0 atom stereocenters. The quantitative estimate of drug-likeness (QED) is 0.109. The van der Waals surface area contributed by atoms with Crippen LogP contribution in [0.1, 0.15) is 27.7 Å². The van der Waals surface area contributed by atoms with E-state index in [0.717, 1.165) is 49.4 Å². The Balaban J connectivity index is 0.000000146. The predicted molar refractivity (Wildman–Crippen MR) is 291 cm³/mol. The summed E-state index contributed by atoms with van der Waals surface area (Å²) in [6.07, 6.45) is 20.4. The number of pyridine rings is 4. The van der Waals surface area contributed by atoms with Crippen LogP contribution in [-0.2, 0) is 29.4 Å². The van der Waals surface area contributed by atoms with Gasteiger partial charge in [0.15, 0.2) is 0 Å². The van der Waals surface area contributed by atoms with Crippen molar-refractivity contribution in [2.24, 2.45) is 0 Å². The van der Waals surface area contributed by atoms with Gasteiger partial charge in [-0.25, -0.2) is 46.7 Å². The molecule has 0 amide bonds. The lowest BCUT2D eigenvalue weighted by atomic mass is 9.80. The van der Waals surface area contributed by atoms with Crippen molar-refractivity contribution < 1.29 is 35.6 Å². The highest BCUT2D eigenvalue weighted by Gasteiger charge is 2.52. The predicted octanol–water partition coefficient (Wildman–Crippen LogP) is 8.41. The van der Waals surface area contributed by atoms with Crippen molar-refractivity contribution in [3.8, 4) is 45.7 Å². The van der Waals surface area contributed by atoms with E-state index in [9.17, 15) is 16.8 Å². The molecule has 0 bridgehead atoms. The van der Waals surface area contributed by atoms with Crippen LogP contribution in [0, 0.1) is 0 Å². The molecule has 0 unspecified atom stereocenters. The van der Waals surface area contributed by atoms with Gasteiger partial charge in [-0.1, -0.05) is 36.4 Å². The first-order valence-corrected chi connectivity index (χ1v) is 26.9. The Hall–Kier alpha value is -8.16. The van der Waals surface area contributed by atoms with Crippen LogP contribution >= 0.6 is 15.9 Å². The topological polar surface area (TPSA) is 241 Å². The van der Waals surface area contributed by atoms with Gasteiger partial charge >= 0.3 is 19.1 Å². The maximum atomic E-state index is 12.7. The molecular formula is C52H48BBrN12O8S2. The first-order valence-electron chi connectivity index (χ1n) is 23.2. The summed E-state index contributed by atoms with van der Waals surface area (Å²) >= 11 is 3.45. The normalized spacial score (nSPS) is 13.8. The third-order valence-electron chi connectivity index (χ3n) is 12.2. The minimum absolute atomic E-state index is 0.182. The van der Waals surface area contributed by atoms with E-state index in [2.05, 4.69) is 65.2 Å². The molecule has 1 saturated heterocycles. The van der Waals surface area contributed by atoms with E-state index in [1.54, 1.807) is 105 Å². The molecule has 76 heavy (non-hydrogen) atoms. The first-order chi connectivity index (χ1) is 36.4. The summed E-state index contributed by atoms with van der Waals surface area (Å²) in [6, 6.07) is 28.1. The van der Waals surface area contributed by atoms with E-state index in [1.165, 1.54) is 43.8 Å². The molecular weight excluding hydrogens is 1080 g/mol. The van der Waals surface area contributed by atoms with Crippen molar-refractivity contribution in [3.05, 3.63) is 176 Å². The van der Waals surface area contributed by atoms with Crippen molar-refractivity contribution in [1.82, 2.24) is 48.7 Å². The lowest BCUT2D eigenvalue weighted by Crippen LogP contribution is -2.41. The highest BCUT2D eigenvalue weighted by molar-refractivity contribution is 9.10. The van der Waals surface area contributed by atoms with Gasteiger partial charge in [0.2, 0.25) is 0 Å². The van der Waals surface area contributed by atoms with Gasteiger partial charge in [0, 0.05) is 81.8 Å². The highest BCUT2D eigenvalue weighted by Crippen LogP contribution is 2.37. The summed E-state index contributed by atoms with van der Waals surface area (Å²) in [4.78, 5) is 34.0. The Bertz CT molecular complexity index is 3860. The number of fused-ring (bicyclic) bond motifs is 2. The van der Waals surface area contributed by atoms with Crippen LogP contribution < -0.4 is 24.4 Å². The summed E-state index contributed by atoms with van der Waals surface area (Å²) in [7, 11) is -4.93. The van der Waals surface area contributed by atoms with Gasteiger partial charge in [0.1, 0.15) is 11.3 Å². The van der Waals surface area contributed by atoms with Crippen LogP contribution in [0.15, 0.2) is 186 Å². The fourth-order valence-corrected chi connectivity index (χ4v) is 9.99. The summed E-state index contributed by atoms with van der Waals surface area (Å²) < 4.78 is 82.1. The summed E-state index contributed by atoms with van der Waals surface area (Å²) in [5.74, 6) is 0. The summed E-state index contributed by atoms with van der Waals surface area (Å²) in [5.41, 5.74) is 7.06. The van der Waals surface area contributed by atoms with E-state index in [4.69, 9.17) is 18.8 Å². The molecule has 11 rings (SSSR count). The number of nitrogens with zero attached hydrogens (tertiary/aromatic N) is 10. The smallest absolute Gasteiger partial charge is 0.467 e. The van der Waals surface area contributed by atoms with Gasteiger partial charge in [0.05, 0.1) is 82.8 Å². The zero-order valence-electron chi connectivity index (χ0n) is 41.7. The van der Waals surface area contributed by atoms with Crippen molar-refractivity contribution in [1.29, 1.82) is 0 Å². The highest BCUT2D eigenvalue weighted by atomic mass is 79.9. The zero-order chi connectivity index (χ0) is 53.7. The molecule has 0 radical (unpaired) electrons. The molecule has 1 aliphatic heterocycles. The maximum absolute atomic E-state index is 12.7. The largest absolute Gasteiger partial charge is 0.496 e. The fourth-order valence-electron chi connectivity index (χ4n) is 7.54. The Morgan fingerprint density at radius 3 is 1.47 bits per heavy atom. The van der Waals surface area contributed by atoms with Crippen LogP contribution in [0.5, 0.6) is 12.0 Å². The Kier molecular flexibility index (Phi) is 15.2. The van der Waals surface area contributed by atoms with Gasteiger partial charge in [-0.2, -0.15) is 0 Å². The second-order valence-corrected chi connectivity index (χ2v) is 22.1. The zero-order valence-corrected chi connectivity index (χ0v) is 44.9. The number of nitrogens with one attached hydrogen (secondary N) is 2. The number of halogens is 1. The van der Waals surface area contributed by atoms with Gasteiger partial charge in [-0.05, 0) is 104 Å². The minimum atomic E-state index is -3.72. The molecule has 24 heteroatoms.